The lowest BCUT2D eigenvalue weighted by molar-refractivity contribution is -0.114. The van der Waals surface area contributed by atoms with Gasteiger partial charge in [0.1, 0.15) is 35.5 Å². The van der Waals surface area contributed by atoms with Crippen molar-refractivity contribution in [1.29, 1.82) is 5.41 Å². The molecule has 0 radical (unpaired) electrons. The van der Waals surface area contributed by atoms with Crippen molar-refractivity contribution in [3.63, 3.8) is 0 Å². The Balaban J connectivity index is 1.14. The molecule has 2 heterocycles. The van der Waals surface area contributed by atoms with Crippen LogP contribution >= 0.6 is 11.8 Å². The summed E-state index contributed by atoms with van der Waals surface area (Å²) in [6.45, 7) is 5.67. The van der Waals surface area contributed by atoms with Gasteiger partial charge in [0, 0.05) is 5.56 Å². The van der Waals surface area contributed by atoms with Gasteiger partial charge in [-0.1, -0.05) is 68.1 Å². The number of amides is 1. The maximum atomic E-state index is 12.8. The first-order chi connectivity index (χ1) is 20.5. The summed E-state index contributed by atoms with van der Waals surface area (Å²) in [5.41, 5.74) is 2.96. The molecule has 0 bridgehead atoms. The molecule has 0 spiro atoms. The van der Waals surface area contributed by atoms with Crippen LogP contribution in [0.5, 0.6) is 17.2 Å². The molecule has 42 heavy (non-hydrogen) atoms. The number of carbonyl (C=O) groups excluding carboxylic acids is 1. The Hall–Kier alpha value is -4.37. The average molecular weight is 583 g/mol. The van der Waals surface area contributed by atoms with Crippen molar-refractivity contribution in [1.82, 2.24) is 5.01 Å². The number of hydrazone groups is 1. The first kappa shape index (κ1) is 29.1. The van der Waals surface area contributed by atoms with Crippen LogP contribution in [0.3, 0.4) is 0 Å². The highest BCUT2D eigenvalue weighted by Gasteiger charge is 2.36. The second-order valence-electron chi connectivity index (χ2n) is 9.94. The summed E-state index contributed by atoms with van der Waals surface area (Å²) in [6.07, 6.45) is 6.36. The second-order valence-corrected chi connectivity index (χ2v) is 10.9. The Morgan fingerprint density at radius 1 is 0.857 bits per heavy atom. The van der Waals surface area contributed by atoms with E-state index in [1.165, 1.54) is 36.0 Å². The van der Waals surface area contributed by atoms with Gasteiger partial charge in [-0.2, -0.15) is 15.1 Å². The lowest BCUT2D eigenvalue weighted by Crippen LogP contribution is -2.35. The van der Waals surface area contributed by atoms with E-state index in [1.807, 2.05) is 79.7 Å². The van der Waals surface area contributed by atoms with Crippen molar-refractivity contribution in [3.05, 3.63) is 95.1 Å². The lowest BCUT2D eigenvalue weighted by Gasteiger charge is -2.20. The molecule has 5 rings (SSSR count). The van der Waals surface area contributed by atoms with E-state index in [2.05, 4.69) is 17.0 Å². The van der Waals surface area contributed by atoms with Crippen LogP contribution in [0.2, 0.25) is 0 Å². The molecule has 0 unspecified atom stereocenters. The van der Waals surface area contributed by atoms with Gasteiger partial charge in [0.15, 0.2) is 5.84 Å². The summed E-state index contributed by atoms with van der Waals surface area (Å²) in [4.78, 5) is 17.0. The van der Waals surface area contributed by atoms with Gasteiger partial charge in [-0.15, -0.1) is 0 Å². The van der Waals surface area contributed by atoms with E-state index in [4.69, 9.17) is 19.6 Å². The zero-order valence-electron chi connectivity index (χ0n) is 23.8. The van der Waals surface area contributed by atoms with Crippen LogP contribution in [0.1, 0.15) is 49.3 Å². The largest absolute Gasteiger partial charge is 0.494 e. The maximum Gasteiger partial charge on any atom is 0.283 e. The van der Waals surface area contributed by atoms with Crippen molar-refractivity contribution in [2.24, 2.45) is 10.1 Å². The summed E-state index contributed by atoms with van der Waals surface area (Å²) in [6, 6.07) is 22.9. The molecule has 0 atom stereocenters. The molecule has 0 saturated heterocycles. The van der Waals surface area contributed by atoms with Gasteiger partial charge < -0.3 is 14.2 Å². The van der Waals surface area contributed by atoms with Gasteiger partial charge in [-0.3, -0.25) is 10.2 Å². The third kappa shape index (κ3) is 7.47. The number of aryl methyl sites for hydroxylation is 1. The van der Waals surface area contributed by atoms with Crippen LogP contribution in [0, 0.1) is 12.3 Å². The van der Waals surface area contributed by atoms with E-state index in [-0.39, 0.29) is 11.4 Å². The molecule has 2 aliphatic rings. The number of ether oxygens (including phenoxy) is 3. The minimum Gasteiger partial charge on any atom is -0.494 e. The van der Waals surface area contributed by atoms with Crippen LogP contribution in [0.4, 0.5) is 0 Å². The normalized spacial score (nSPS) is 15.4. The Kier molecular flexibility index (Phi) is 9.71. The van der Waals surface area contributed by atoms with Crippen molar-refractivity contribution < 1.29 is 19.0 Å². The number of nitrogens with zero attached hydrogens (tertiary/aromatic N) is 3. The predicted octanol–water partition coefficient (Wildman–Crippen LogP) is 7.08. The summed E-state index contributed by atoms with van der Waals surface area (Å²) < 4.78 is 17.5. The lowest BCUT2D eigenvalue weighted by atomic mass is 10.1. The Bertz CT molecular complexity index is 1510. The number of nitrogens with one attached hydrogen (secondary N) is 1. The molecule has 3 aromatic carbocycles. The van der Waals surface area contributed by atoms with Crippen molar-refractivity contribution in [2.45, 2.75) is 39.5 Å². The van der Waals surface area contributed by atoms with E-state index < -0.39 is 5.91 Å². The number of carbonyl (C=O) groups is 1. The van der Waals surface area contributed by atoms with Crippen molar-refractivity contribution in [3.8, 4) is 17.2 Å². The van der Waals surface area contributed by atoms with Crippen LogP contribution in [-0.2, 0) is 4.79 Å². The monoisotopic (exact) mass is 582 g/mol. The fourth-order valence-corrected chi connectivity index (χ4v) is 5.23. The number of thioether (sulfide) groups is 1. The van der Waals surface area contributed by atoms with Crippen molar-refractivity contribution >= 4 is 39.8 Å². The maximum absolute atomic E-state index is 12.8. The Labute approximate surface area is 250 Å². The van der Waals surface area contributed by atoms with Crippen LogP contribution in [0.25, 0.3) is 6.08 Å². The third-order valence-electron chi connectivity index (χ3n) is 6.63. The highest BCUT2D eigenvalue weighted by Crippen LogP contribution is 2.31. The summed E-state index contributed by atoms with van der Waals surface area (Å²) in [7, 11) is 0. The zero-order chi connectivity index (χ0) is 29.3. The summed E-state index contributed by atoms with van der Waals surface area (Å²) >= 11 is 1.29. The number of aliphatic imine (C=N–C) groups is 1. The van der Waals surface area contributed by atoms with E-state index in [0.717, 1.165) is 41.2 Å². The van der Waals surface area contributed by atoms with Gasteiger partial charge in [0.2, 0.25) is 5.17 Å². The van der Waals surface area contributed by atoms with Gasteiger partial charge in [-0.05, 0) is 73.1 Å². The van der Waals surface area contributed by atoms with Crippen LogP contribution < -0.4 is 14.2 Å². The molecular weight excluding hydrogens is 548 g/mol. The van der Waals surface area contributed by atoms with Crippen LogP contribution in [0.15, 0.2) is 88.5 Å². The molecule has 1 N–H and O–H groups in total. The number of hydrogen-bond acceptors (Lipinski definition) is 7. The number of amidine groups is 2. The Morgan fingerprint density at radius 3 is 2.26 bits per heavy atom. The zero-order valence-corrected chi connectivity index (χ0v) is 24.7. The molecule has 216 valence electrons. The Morgan fingerprint density at radius 2 is 1.55 bits per heavy atom. The summed E-state index contributed by atoms with van der Waals surface area (Å²) in [5, 5.41) is 15.7. The first-order valence-corrected chi connectivity index (χ1v) is 15.0. The molecule has 1 amide bonds. The molecular formula is C33H34N4O4S. The standard InChI is InChI=1S/C33H34N4O4S/c1-3-4-5-6-18-39-26-14-16-27(17-15-26)40-19-20-41-28-9-7-8-24(21-28)22-29-30(34)37-33(35-31(29)38)42-32(36-37)25-12-10-23(2)11-13-25/h7-17,21-22,34H,3-6,18-20H2,1-2H3. The predicted molar refractivity (Wildman–Crippen MR) is 169 cm³/mol. The quantitative estimate of drug-likeness (QED) is 0.171. The van der Waals surface area contributed by atoms with E-state index in [9.17, 15) is 4.79 Å². The molecule has 0 fully saturated rings. The number of fused-ring (bicyclic) bond motifs is 1. The molecule has 2 aliphatic heterocycles. The minimum atomic E-state index is -0.466. The molecule has 8 nitrogen and oxygen atoms in total. The van der Waals surface area contributed by atoms with Crippen molar-refractivity contribution in [2.75, 3.05) is 19.8 Å². The van der Waals surface area contributed by atoms with Gasteiger partial charge in [0.25, 0.3) is 5.91 Å². The van der Waals surface area contributed by atoms with Gasteiger partial charge in [-0.25, -0.2) is 0 Å². The van der Waals surface area contributed by atoms with E-state index >= 15 is 0 Å². The average Bonchev–Trinajstić information content (AvgIpc) is 3.43. The van der Waals surface area contributed by atoms with Gasteiger partial charge in [0.05, 0.1) is 12.2 Å². The fraction of sp³-hybridized carbons (Fsp3) is 0.273. The highest BCUT2D eigenvalue weighted by molar-refractivity contribution is 8.27. The molecule has 3 aromatic rings. The SMILES string of the molecule is CCCCCCOc1ccc(OCCOc2cccc(C=C3C(=N)N4N=C(c5ccc(C)cc5)SC4=NC3=O)c2)cc1. The van der Waals surface area contributed by atoms with E-state index in [0.29, 0.717) is 29.2 Å². The van der Waals surface area contributed by atoms with Crippen LogP contribution in [-0.4, -0.2) is 46.8 Å². The fourth-order valence-electron chi connectivity index (χ4n) is 4.34. The van der Waals surface area contributed by atoms with E-state index in [1.54, 1.807) is 6.08 Å². The number of unbranched alkanes of at least 4 members (excludes halogenated alkanes) is 3. The third-order valence-corrected chi connectivity index (χ3v) is 7.59. The summed E-state index contributed by atoms with van der Waals surface area (Å²) in [5.74, 6) is 1.75. The number of benzene rings is 3. The highest BCUT2D eigenvalue weighted by atomic mass is 32.2. The second kappa shape index (κ2) is 14.0. The first-order valence-electron chi connectivity index (χ1n) is 14.2. The number of hydrogen-bond donors (Lipinski definition) is 1. The topological polar surface area (TPSA) is 96.6 Å². The molecule has 9 heteroatoms. The minimum absolute atomic E-state index is 0.00718. The van der Waals surface area contributed by atoms with Gasteiger partial charge >= 0.3 is 0 Å². The number of rotatable bonds is 13. The molecule has 0 aliphatic carbocycles. The molecule has 0 saturated carbocycles. The smallest absolute Gasteiger partial charge is 0.283 e. The molecule has 0 aromatic heterocycles.